The number of hydrogen-bond donors (Lipinski definition) is 2. The number of aryl methyl sites for hydroxylation is 1. The zero-order chi connectivity index (χ0) is 17.4. The van der Waals surface area contributed by atoms with Crippen molar-refractivity contribution in [2.75, 3.05) is 5.32 Å². The molecule has 2 aliphatic rings. The first kappa shape index (κ1) is 16.7. The molecule has 4 rings (SSSR count). The minimum absolute atomic E-state index is 0.107. The summed E-state index contributed by atoms with van der Waals surface area (Å²) in [4.78, 5) is 17.2. The summed E-state index contributed by atoms with van der Waals surface area (Å²) in [6.07, 6.45) is 5.53. The summed E-state index contributed by atoms with van der Waals surface area (Å²) in [7, 11) is 0. The van der Waals surface area contributed by atoms with Crippen LogP contribution >= 0.6 is 11.3 Å². The van der Waals surface area contributed by atoms with E-state index in [2.05, 4.69) is 15.7 Å². The van der Waals surface area contributed by atoms with Gasteiger partial charge in [-0.05, 0) is 56.6 Å². The molecule has 3 N–H and O–H groups in total. The summed E-state index contributed by atoms with van der Waals surface area (Å²) in [6, 6.07) is 8.29. The normalized spacial score (nSPS) is 28.6. The van der Waals surface area contributed by atoms with Crippen LogP contribution in [0.3, 0.4) is 0 Å². The molecule has 0 saturated heterocycles. The van der Waals surface area contributed by atoms with Crippen LogP contribution in [0, 0.1) is 24.7 Å². The average Bonchev–Trinajstić information content (AvgIpc) is 3.01. The smallest absolute Gasteiger partial charge is 0.227 e. The highest BCUT2D eigenvalue weighted by Crippen LogP contribution is 2.42. The Balaban J connectivity index is 1.41. The van der Waals surface area contributed by atoms with Gasteiger partial charge in [0.1, 0.15) is 0 Å². The van der Waals surface area contributed by atoms with Crippen molar-refractivity contribution in [3.05, 3.63) is 34.7 Å². The Kier molecular flexibility index (Phi) is 4.61. The number of benzene rings is 1. The molecule has 2 fully saturated rings. The molecule has 4 nitrogen and oxygen atoms in total. The number of rotatable bonds is 3. The third-order valence-electron chi connectivity index (χ3n) is 5.85. The van der Waals surface area contributed by atoms with Gasteiger partial charge in [0, 0.05) is 28.6 Å². The van der Waals surface area contributed by atoms with Gasteiger partial charge in [0.2, 0.25) is 5.91 Å². The molecular formula is C20H25N3OS. The highest BCUT2D eigenvalue weighted by molar-refractivity contribution is 7.09. The van der Waals surface area contributed by atoms with Crippen molar-refractivity contribution >= 4 is 22.9 Å². The van der Waals surface area contributed by atoms with Crippen LogP contribution in [-0.4, -0.2) is 16.9 Å². The number of hydrogen-bond acceptors (Lipinski definition) is 4. The number of fused-ring (bicyclic) bond motifs is 2. The van der Waals surface area contributed by atoms with E-state index in [0.717, 1.165) is 34.8 Å². The van der Waals surface area contributed by atoms with E-state index in [9.17, 15) is 4.79 Å². The number of carbonyl (C=O) groups excluding carboxylic acids is 1. The zero-order valence-corrected chi connectivity index (χ0v) is 15.4. The molecule has 2 aromatic rings. The fourth-order valence-corrected chi connectivity index (χ4v) is 5.09. The van der Waals surface area contributed by atoms with Crippen molar-refractivity contribution in [3.8, 4) is 11.3 Å². The predicted molar refractivity (Wildman–Crippen MR) is 102 cm³/mol. The average molecular weight is 356 g/mol. The van der Waals surface area contributed by atoms with Crippen LogP contribution in [0.4, 0.5) is 5.69 Å². The molecule has 0 aliphatic heterocycles. The molecule has 5 heteroatoms. The summed E-state index contributed by atoms with van der Waals surface area (Å²) in [6.45, 7) is 2.01. The van der Waals surface area contributed by atoms with E-state index in [1.165, 1.54) is 19.3 Å². The van der Waals surface area contributed by atoms with Crippen LogP contribution in [0.1, 0.15) is 37.1 Å². The monoisotopic (exact) mass is 355 g/mol. The van der Waals surface area contributed by atoms with E-state index < -0.39 is 0 Å². The van der Waals surface area contributed by atoms with Crippen LogP contribution in [0.2, 0.25) is 0 Å². The molecule has 132 valence electrons. The maximum Gasteiger partial charge on any atom is 0.227 e. The van der Waals surface area contributed by atoms with Gasteiger partial charge in [-0.2, -0.15) is 0 Å². The number of carbonyl (C=O) groups is 1. The van der Waals surface area contributed by atoms with Gasteiger partial charge in [-0.15, -0.1) is 11.3 Å². The van der Waals surface area contributed by atoms with Gasteiger partial charge < -0.3 is 11.1 Å². The van der Waals surface area contributed by atoms with Gasteiger partial charge in [0.05, 0.1) is 10.7 Å². The SMILES string of the molecule is Cc1nc(-c2ccc(NC(=O)C3CC4CCCC(C3)C4N)cc2)cs1. The Hall–Kier alpha value is -1.72. The van der Waals surface area contributed by atoms with E-state index in [4.69, 9.17) is 5.73 Å². The van der Waals surface area contributed by atoms with Crippen molar-refractivity contribution in [1.82, 2.24) is 4.98 Å². The van der Waals surface area contributed by atoms with Crippen LogP contribution in [-0.2, 0) is 4.79 Å². The highest BCUT2D eigenvalue weighted by Gasteiger charge is 2.40. The molecule has 1 heterocycles. The third kappa shape index (κ3) is 3.48. The number of nitrogens with zero attached hydrogens (tertiary/aromatic N) is 1. The van der Waals surface area contributed by atoms with Gasteiger partial charge >= 0.3 is 0 Å². The van der Waals surface area contributed by atoms with E-state index in [-0.39, 0.29) is 11.8 Å². The van der Waals surface area contributed by atoms with Gasteiger partial charge in [-0.25, -0.2) is 4.98 Å². The highest BCUT2D eigenvalue weighted by atomic mass is 32.1. The van der Waals surface area contributed by atoms with Gasteiger partial charge in [0.25, 0.3) is 0 Å². The first-order chi connectivity index (χ1) is 12.1. The number of anilines is 1. The summed E-state index contributed by atoms with van der Waals surface area (Å²) >= 11 is 1.65. The number of aromatic nitrogens is 1. The molecule has 0 radical (unpaired) electrons. The molecule has 2 unspecified atom stereocenters. The Labute approximate surface area is 152 Å². The topological polar surface area (TPSA) is 68.0 Å². The molecule has 1 aromatic heterocycles. The first-order valence-corrected chi connectivity index (χ1v) is 10.1. The van der Waals surface area contributed by atoms with Crippen molar-refractivity contribution < 1.29 is 4.79 Å². The summed E-state index contributed by atoms with van der Waals surface area (Å²) in [5, 5.41) is 6.23. The lowest BCUT2D eigenvalue weighted by molar-refractivity contribution is -0.122. The van der Waals surface area contributed by atoms with E-state index >= 15 is 0 Å². The third-order valence-corrected chi connectivity index (χ3v) is 6.62. The lowest BCUT2D eigenvalue weighted by atomic mass is 9.65. The number of thiazole rings is 1. The molecule has 1 amide bonds. The van der Waals surface area contributed by atoms with Crippen LogP contribution in [0.25, 0.3) is 11.3 Å². The van der Waals surface area contributed by atoms with Crippen LogP contribution < -0.4 is 11.1 Å². The van der Waals surface area contributed by atoms with Crippen molar-refractivity contribution in [1.29, 1.82) is 0 Å². The van der Waals surface area contributed by atoms with Crippen LogP contribution in [0.15, 0.2) is 29.6 Å². The first-order valence-electron chi connectivity index (χ1n) is 9.19. The molecule has 2 saturated carbocycles. The lowest BCUT2D eigenvalue weighted by Gasteiger charge is -2.43. The molecule has 2 atom stereocenters. The van der Waals surface area contributed by atoms with Gasteiger partial charge in [-0.1, -0.05) is 18.6 Å². The Morgan fingerprint density at radius 1 is 1.20 bits per heavy atom. The van der Waals surface area contributed by atoms with Crippen molar-refractivity contribution in [3.63, 3.8) is 0 Å². The molecule has 0 spiro atoms. The minimum atomic E-state index is 0.107. The molecule has 2 aliphatic carbocycles. The largest absolute Gasteiger partial charge is 0.327 e. The Morgan fingerprint density at radius 3 is 2.48 bits per heavy atom. The predicted octanol–water partition coefficient (Wildman–Crippen LogP) is 4.21. The quantitative estimate of drug-likeness (QED) is 0.866. The molecule has 1 aromatic carbocycles. The van der Waals surface area contributed by atoms with Crippen molar-refractivity contribution in [2.24, 2.45) is 23.5 Å². The lowest BCUT2D eigenvalue weighted by Crippen LogP contribution is -2.48. The maximum atomic E-state index is 12.7. The fraction of sp³-hybridized carbons (Fsp3) is 0.500. The van der Waals surface area contributed by atoms with E-state index in [1.54, 1.807) is 11.3 Å². The second-order valence-electron chi connectivity index (χ2n) is 7.52. The van der Waals surface area contributed by atoms with E-state index in [0.29, 0.717) is 17.9 Å². The minimum Gasteiger partial charge on any atom is -0.327 e. The second-order valence-corrected chi connectivity index (χ2v) is 8.58. The summed E-state index contributed by atoms with van der Waals surface area (Å²) in [5.74, 6) is 1.31. The van der Waals surface area contributed by atoms with Crippen LogP contribution in [0.5, 0.6) is 0 Å². The molecule has 25 heavy (non-hydrogen) atoms. The van der Waals surface area contributed by atoms with E-state index in [1.807, 2.05) is 31.2 Å². The summed E-state index contributed by atoms with van der Waals surface area (Å²) < 4.78 is 0. The number of amides is 1. The Bertz CT molecular complexity index is 741. The zero-order valence-electron chi connectivity index (χ0n) is 14.6. The second kappa shape index (κ2) is 6.89. The fourth-order valence-electron chi connectivity index (χ4n) is 4.47. The maximum absolute atomic E-state index is 12.7. The number of nitrogens with one attached hydrogen (secondary N) is 1. The van der Waals surface area contributed by atoms with Crippen molar-refractivity contribution in [2.45, 2.75) is 45.1 Å². The Morgan fingerprint density at radius 2 is 1.88 bits per heavy atom. The summed E-state index contributed by atoms with van der Waals surface area (Å²) in [5.41, 5.74) is 9.28. The molecule has 2 bridgehead atoms. The standard InChI is InChI=1S/C20H25N3OS/c1-12-22-18(11-25-12)13-5-7-17(8-6-13)23-20(24)16-9-14-3-2-4-15(10-16)19(14)21/h5-8,11,14-16,19H,2-4,9-10,21H2,1H3,(H,23,24). The molecular weight excluding hydrogens is 330 g/mol. The number of nitrogens with two attached hydrogens (primary N) is 1. The van der Waals surface area contributed by atoms with Gasteiger partial charge in [0.15, 0.2) is 0 Å². The van der Waals surface area contributed by atoms with Gasteiger partial charge in [-0.3, -0.25) is 4.79 Å².